The van der Waals surface area contributed by atoms with E-state index >= 15 is 0 Å². The van der Waals surface area contributed by atoms with Crippen LogP contribution in [-0.4, -0.2) is 13.2 Å². The summed E-state index contributed by atoms with van der Waals surface area (Å²) in [6, 6.07) is 13.9. The fourth-order valence-electron chi connectivity index (χ4n) is 3.01. The molecule has 0 unspecified atom stereocenters. The Morgan fingerprint density at radius 1 is 1.00 bits per heavy atom. The van der Waals surface area contributed by atoms with Gasteiger partial charge in [-0.2, -0.15) is 4.91 Å². The zero-order valence-corrected chi connectivity index (χ0v) is 13.3. The van der Waals surface area contributed by atoms with Gasteiger partial charge < -0.3 is 9.47 Å². The van der Waals surface area contributed by atoms with Crippen LogP contribution in [0.4, 0.5) is 0 Å². The molecule has 0 amide bonds. The second kappa shape index (κ2) is 7.27. The maximum atomic E-state index is 10.3. The van der Waals surface area contributed by atoms with Crippen molar-refractivity contribution in [3.8, 4) is 22.6 Å². The summed E-state index contributed by atoms with van der Waals surface area (Å²) in [6.45, 7) is 0.207. The van der Waals surface area contributed by atoms with Gasteiger partial charge >= 0.3 is 0 Å². The van der Waals surface area contributed by atoms with Gasteiger partial charge in [0.15, 0.2) is 11.5 Å². The highest BCUT2D eigenvalue weighted by molar-refractivity contribution is 5.67. The van der Waals surface area contributed by atoms with Crippen molar-refractivity contribution in [2.75, 3.05) is 7.11 Å². The van der Waals surface area contributed by atoms with Crippen LogP contribution in [0.15, 0.2) is 47.6 Å². The Balaban J connectivity index is 1.85. The summed E-state index contributed by atoms with van der Waals surface area (Å²) >= 11 is 0. The smallest absolute Gasteiger partial charge is 0.162 e. The van der Waals surface area contributed by atoms with E-state index in [0.29, 0.717) is 6.10 Å². The molecule has 3 rings (SSSR count). The third-order valence-corrected chi connectivity index (χ3v) is 4.29. The molecular weight excluding hydrogens is 290 g/mol. The van der Waals surface area contributed by atoms with Gasteiger partial charge in [0.05, 0.1) is 13.2 Å². The third kappa shape index (κ3) is 3.70. The van der Waals surface area contributed by atoms with E-state index in [1.807, 2.05) is 42.5 Å². The first-order valence-corrected chi connectivity index (χ1v) is 8.03. The van der Waals surface area contributed by atoms with Crippen molar-refractivity contribution in [1.82, 2.24) is 0 Å². The Morgan fingerprint density at radius 3 is 2.35 bits per heavy atom. The summed E-state index contributed by atoms with van der Waals surface area (Å²) in [4.78, 5) is 10.3. The largest absolute Gasteiger partial charge is 0.493 e. The normalized spacial score (nSPS) is 14.7. The predicted molar refractivity (Wildman–Crippen MR) is 90.8 cm³/mol. The average molecular weight is 311 g/mol. The maximum Gasteiger partial charge on any atom is 0.162 e. The van der Waals surface area contributed by atoms with Crippen LogP contribution in [-0.2, 0) is 6.54 Å². The lowest BCUT2D eigenvalue weighted by atomic mass is 10.0. The van der Waals surface area contributed by atoms with E-state index < -0.39 is 0 Å². The Kier molecular flexibility index (Phi) is 4.91. The fraction of sp³-hybridized carbons (Fsp3) is 0.368. The van der Waals surface area contributed by atoms with E-state index in [9.17, 15) is 4.91 Å². The van der Waals surface area contributed by atoms with Crippen molar-refractivity contribution in [1.29, 1.82) is 0 Å². The molecule has 4 heteroatoms. The number of nitrogens with zero attached hydrogens (tertiary/aromatic N) is 1. The van der Waals surface area contributed by atoms with Gasteiger partial charge in [-0.3, -0.25) is 0 Å². The van der Waals surface area contributed by atoms with Crippen LogP contribution in [0, 0.1) is 4.91 Å². The number of hydrogen-bond acceptors (Lipinski definition) is 4. The lowest BCUT2D eigenvalue weighted by Crippen LogP contribution is -2.11. The van der Waals surface area contributed by atoms with Crippen molar-refractivity contribution >= 4 is 0 Å². The van der Waals surface area contributed by atoms with Crippen LogP contribution < -0.4 is 9.47 Å². The first kappa shape index (κ1) is 15.5. The van der Waals surface area contributed by atoms with E-state index in [2.05, 4.69) is 5.18 Å². The van der Waals surface area contributed by atoms with Gasteiger partial charge in [-0.25, -0.2) is 0 Å². The summed E-state index contributed by atoms with van der Waals surface area (Å²) in [5.41, 5.74) is 3.07. The molecular formula is C19H21NO3. The molecule has 0 bridgehead atoms. The van der Waals surface area contributed by atoms with Gasteiger partial charge in [0, 0.05) is 0 Å². The lowest BCUT2D eigenvalue weighted by Gasteiger charge is -2.17. The molecule has 0 aliphatic heterocycles. The zero-order chi connectivity index (χ0) is 16.1. The van der Waals surface area contributed by atoms with Crippen LogP contribution in [0.5, 0.6) is 11.5 Å². The number of benzene rings is 2. The van der Waals surface area contributed by atoms with Crippen LogP contribution in [0.1, 0.15) is 31.2 Å². The van der Waals surface area contributed by atoms with E-state index in [0.717, 1.165) is 41.0 Å². The van der Waals surface area contributed by atoms with Crippen LogP contribution in [0.2, 0.25) is 0 Å². The number of hydrogen-bond donors (Lipinski definition) is 0. The minimum Gasteiger partial charge on any atom is -0.493 e. The molecule has 1 saturated carbocycles. The molecule has 0 saturated heterocycles. The van der Waals surface area contributed by atoms with Crippen LogP contribution >= 0.6 is 0 Å². The Hall–Kier alpha value is -2.36. The van der Waals surface area contributed by atoms with E-state index in [1.54, 1.807) is 7.11 Å². The standard InChI is InChI=1S/C19H21NO3/c1-22-18-11-10-16(12-19(18)23-17-4-2-3-5-17)15-8-6-14(7-9-15)13-20-21/h6-12,17H,2-5,13H2,1H3. The van der Waals surface area contributed by atoms with E-state index in [4.69, 9.17) is 9.47 Å². The summed E-state index contributed by atoms with van der Waals surface area (Å²) < 4.78 is 11.6. The van der Waals surface area contributed by atoms with Crippen LogP contribution in [0.25, 0.3) is 11.1 Å². The molecule has 0 spiro atoms. The Morgan fingerprint density at radius 2 is 1.70 bits per heavy atom. The monoisotopic (exact) mass is 311 g/mol. The van der Waals surface area contributed by atoms with Gasteiger partial charge in [0.25, 0.3) is 0 Å². The summed E-state index contributed by atoms with van der Waals surface area (Å²) in [5.74, 6) is 1.57. The summed E-state index contributed by atoms with van der Waals surface area (Å²) in [7, 11) is 1.66. The molecule has 1 fully saturated rings. The average Bonchev–Trinajstić information content (AvgIpc) is 3.09. The van der Waals surface area contributed by atoms with Crippen molar-refractivity contribution in [3.63, 3.8) is 0 Å². The minimum atomic E-state index is 0.207. The molecule has 0 radical (unpaired) electrons. The highest BCUT2D eigenvalue weighted by Gasteiger charge is 2.18. The van der Waals surface area contributed by atoms with Crippen molar-refractivity contribution in [2.24, 2.45) is 5.18 Å². The molecule has 1 aliphatic carbocycles. The molecule has 0 N–H and O–H groups in total. The number of methoxy groups -OCH3 is 1. The number of nitroso groups, excluding NO2 is 1. The van der Waals surface area contributed by atoms with Gasteiger partial charge in [0.2, 0.25) is 0 Å². The van der Waals surface area contributed by atoms with E-state index in [1.165, 1.54) is 12.8 Å². The second-order valence-electron chi connectivity index (χ2n) is 5.87. The minimum absolute atomic E-state index is 0.207. The van der Waals surface area contributed by atoms with E-state index in [-0.39, 0.29) is 6.54 Å². The Labute approximate surface area is 136 Å². The lowest BCUT2D eigenvalue weighted by molar-refractivity contribution is 0.201. The molecule has 1 aliphatic rings. The van der Waals surface area contributed by atoms with Gasteiger partial charge in [-0.1, -0.05) is 35.5 Å². The molecule has 2 aromatic carbocycles. The number of ether oxygens (including phenoxy) is 2. The quantitative estimate of drug-likeness (QED) is 0.709. The van der Waals surface area contributed by atoms with Crippen molar-refractivity contribution in [2.45, 2.75) is 38.3 Å². The first-order chi connectivity index (χ1) is 11.3. The highest BCUT2D eigenvalue weighted by Crippen LogP contribution is 2.35. The molecule has 0 atom stereocenters. The molecule has 2 aromatic rings. The van der Waals surface area contributed by atoms with Crippen LogP contribution in [0.3, 0.4) is 0 Å². The molecule has 23 heavy (non-hydrogen) atoms. The van der Waals surface area contributed by atoms with Gasteiger partial charge in [0.1, 0.15) is 6.54 Å². The molecule has 0 aromatic heterocycles. The van der Waals surface area contributed by atoms with Gasteiger partial charge in [-0.15, -0.1) is 0 Å². The Bertz CT molecular complexity index is 661. The maximum absolute atomic E-state index is 10.3. The predicted octanol–water partition coefficient (Wildman–Crippen LogP) is 4.95. The van der Waals surface area contributed by atoms with Gasteiger partial charge in [-0.05, 0) is 54.5 Å². The molecule has 0 heterocycles. The topological polar surface area (TPSA) is 47.9 Å². The fourth-order valence-corrected chi connectivity index (χ4v) is 3.01. The molecule has 4 nitrogen and oxygen atoms in total. The second-order valence-corrected chi connectivity index (χ2v) is 5.87. The van der Waals surface area contributed by atoms with Crippen molar-refractivity contribution in [3.05, 3.63) is 52.9 Å². The summed E-state index contributed by atoms with van der Waals surface area (Å²) in [5, 5.41) is 2.92. The number of rotatable bonds is 6. The summed E-state index contributed by atoms with van der Waals surface area (Å²) in [6.07, 6.45) is 4.99. The zero-order valence-electron chi connectivity index (χ0n) is 13.3. The first-order valence-electron chi connectivity index (χ1n) is 8.03. The van der Waals surface area contributed by atoms with Crippen molar-refractivity contribution < 1.29 is 9.47 Å². The third-order valence-electron chi connectivity index (χ3n) is 4.29. The SMILES string of the molecule is COc1ccc(-c2ccc(CN=O)cc2)cc1OC1CCCC1. The molecule has 120 valence electrons. The highest BCUT2D eigenvalue weighted by atomic mass is 16.5.